The van der Waals surface area contributed by atoms with Crippen LogP contribution in [0.25, 0.3) is 0 Å². The van der Waals surface area contributed by atoms with E-state index < -0.39 is 0 Å². The molecule has 2 heterocycles. The molecule has 0 aliphatic rings. The number of hydrogen-bond donors (Lipinski definition) is 0. The van der Waals surface area contributed by atoms with E-state index in [1.165, 1.54) is 11.8 Å². The fraction of sp³-hybridized carbons (Fsp3) is 0.364. The van der Waals surface area contributed by atoms with Crippen LogP contribution < -0.4 is 0 Å². The third-order valence-corrected chi connectivity index (χ3v) is 4.51. The highest BCUT2D eigenvalue weighted by Crippen LogP contribution is 2.33. The van der Waals surface area contributed by atoms with E-state index in [-0.39, 0.29) is 5.92 Å². The van der Waals surface area contributed by atoms with Crippen LogP contribution in [-0.2, 0) is 0 Å². The standard InChI is InChI=1S/C11H12ClN3S2/c1-6(2)9-14-8(12)7(3)10(15-9)17-11-13-4-5-16-11/h4-6H,1-3H3. The van der Waals surface area contributed by atoms with Gasteiger partial charge in [-0.05, 0) is 18.7 Å². The zero-order chi connectivity index (χ0) is 12.4. The molecule has 0 saturated heterocycles. The van der Waals surface area contributed by atoms with Crippen molar-refractivity contribution in [2.24, 2.45) is 0 Å². The molecule has 0 unspecified atom stereocenters. The summed E-state index contributed by atoms with van der Waals surface area (Å²) in [5, 5.41) is 3.37. The summed E-state index contributed by atoms with van der Waals surface area (Å²) in [6.07, 6.45) is 1.79. The Morgan fingerprint density at radius 2 is 2.12 bits per heavy atom. The number of aromatic nitrogens is 3. The van der Waals surface area contributed by atoms with Crippen LogP contribution in [0.5, 0.6) is 0 Å². The van der Waals surface area contributed by atoms with Crippen molar-refractivity contribution in [3.05, 3.63) is 28.1 Å². The number of hydrogen-bond acceptors (Lipinski definition) is 5. The fourth-order valence-corrected chi connectivity index (χ4v) is 3.04. The van der Waals surface area contributed by atoms with Gasteiger partial charge in [-0.1, -0.05) is 25.4 Å². The summed E-state index contributed by atoms with van der Waals surface area (Å²) in [5.41, 5.74) is 0.913. The van der Waals surface area contributed by atoms with Crippen molar-refractivity contribution < 1.29 is 0 Å². The molecule has 2 aromatic heterocycles. The quantitative estimate of drug-likeness (QED) is 0.794. The smallest absolute Gasteiger partial charge is 0.156 e. The second-order valence-electron chi connectivity index (χ2n) is 3.86. The van der Waals surface area contributed by atoms with Gasteiger partial charge in [0.05, 0.1) is 0 Å². The SMILES string of the molecule is Cc1c(Cl)nc(C(C)C)nc1Sc1nccs1. The Kier molecular flexibility index (Phi) is 4.01. The van der Waals surface area contributed by atoms with Gasteiger partial charge in [-0.25, -0.2) is 15.0 Å². The van der Waals surface area contributed by atoms with Gasteiger partial charge in [-0.2, -0.15) is 0 Å². The molecule has 0 aliphatic heterocycles. The Morgan fingerprint density at radius 1 is 1.35 bits per heavy atom. The van der Waals surface area contributed by atoms with E-state index in [0.29, 0.717) is 5.15 Å². The second kappa shape index (κ2) is 5.33. The summed E-state index contributed by atoms with van der Waals surface area (Å²) in [7, 11) is 0. The molecule has 17 heavy (non-hydrogen) atoms. The highest BCUT2D eigenvalue weighted by atomic mass is 35.5. The molecule has 2 rings (SSSR count). The zero-order valence-corrected chi connectivity index (χ0v) is 12.2. The highest BCUT2D eigenvalue weighted by molar-refractivity contribution is 8.01. The lowest BCUT2D eigenvalue weighted by Gasteiger charge is -2.09. The number of rotatable bonds is 3. The largest absolute Gasteiger partial charge is 0.238 e. The summed E-state index contributed by atoms with van der Waals surface area (Å²) in [6, 6.07) is 0. The van der Waals surface area contributed by atoms with E-state index in [0.717, 1.165) is 20.8 Å². The molecule has 0 spiro atoms. The predicted molar refractivity (Wildman–Crippen MR) is 72.1 cm³/mol. The third kappa shape index (κ3) is 2.97. The number of thiazole rings is 1. The molecule has 6 heteroatoms. The molecular weight excluding hydrogens is 274 g/mol. The first-order valence-corrected chi connectivity index (χ1v) is 7.26. The summed E-state index contributed by atoms with van der Waals surface area (Å²) in [4.78, 5) is 13.1. The third-order valence-electron chi connectivity index (χ3n) is 2.17. The minimum Gasteiger partial charge on any atom is -0.238 e. The van der Waals surface area contributed by atoms with Gasteiger partial charge in [0.2, 0.25) is 0 Å². The maximum absolute atomic E-state index is 6.12. The maximum Gasteiger partial charge on any atom is 0.156 e. The van der Waals surface area contributed by atoms with E-state index in [2.05, 4.69) is 28.8 Å². The van der Waals surface area contributed by atoms with E-state index in [1.807, 2.05) is 12.3 Å². The van der Waals surface area contributed by atoms with E-state index >= 15 is 0 Å². The summed E-state index contributed by atoms with van der Waals surface area (Å²) < 4.78 is 0.970. The molecule has 2 aromatic rings. The van der Waals surface area contributed by atoms with Crippen molar-refractivity contribution in [3.63, 3.8) is 0 Å². The Hall–Kier alpha value is -0.650. The van der Waals surface area contributed by atoms with Crippen LogP contribution in [0, 0.1) is 6.92 Å². The molecule has 90 valence electrons. The Balaban J connectivity index is 2.38. The molecule has 0 radical (unpaired) electrons. The molecule has 0 bridgehead atoms. The lowest BCUT2D eigenvalue weighted by atomic mass is 10.2. The van der Waals surface area contributed by atoms with Crippen LogP contribution in [0.3, 0.4) is 0 Å². The zero-order valence-electron chi connectivity index (χ0n) is 9.77. The first-order valence-electron chi connectivity index (χ1n) is 5.19. The molecular formula is C11H12ClN3S2. The molecule has 0 saturated carbocycles. The van der Waals surface area contributed by atoms with Gasteiger partial charge in [0.25, 0.3) is 0 Å². The Labute approximate surface area is 114 Å². The van der Waals surface area contributed by atoms with Crippen LogP contribution in [0.1, 0.15) is 31.2 Å². The van der Waals surface area contributed by atoms with Crippen LogP contribution in [0.4, 0.5) is 0 Å². The van der Waals surface area contributed by atoms with Gasteiger partial charge in [0, 0.05) is 23.1 Å². The number of nitrogens with zero attached hydrogens (tertiary/aromatic N) is 3. The van der Waals surface area contributed by atoms with E-state index in [1.54, 1.807) is 17.5 Å². The van der Waals surface area contributed by atoms with Crippen LogP contribution in [-0.4, -0.2) is 15.0 Å². The molecule has 3 nitrogen and oxygen atoms in total. The minimum absolute atomic E-state index is 0.267. The minimum atomic E-state index is 0.267. The summed E-state index contributed by atoms with van der Waals surface area (Å²) in [6.45, 7) is 6.04. The van der Waals surface area contributed by atoms with E-state index in [4.69, 9.17) is 11.6 Å². The van der Waals surface area contributed by atoms with Crippen LogP contribution in [0.15, 0.2) is 20.9 Å². The van der Waals surface area contributed by atoms with Crippen molar-refractivity contribution >= 4 is 34.7 Å². The van der Waals surface area contributed by atoms with Crippen molar-refractivity contribution in [3.8, 4) is 0 Å². The lowest BCUT2D eigenvalue weighted by Crippen LogP contribution is -2.01. The molecule has 0 aromatic carbocycles. The van der Waals surface area contributed by atoms with Gasteiger partial charge in [-0.15, -0.1) is 11.3 Å². The summed E-state index contributed by atoms with van der Waals surface area (Å²) >= 11 is 9.26. The van der Waals surface area contributed by atoms with Crippen molar-refractivity contribution in [2.45, 2.75) is 36.1 Å². The molecule has 0 N–H and O–H groups in total. The second-order valence-corrected chi connectivity index (χ2v) is 6.35. The monoisotopic (exact) mass is 285 g/mol. The topological polar surface area (TPSA) is 38.7 Å². The molecule has 0 atom stereocenters. The average molecular weight is 286 g/mol. The Bertz CT molecular complexity index is 512. The van der Waals surface area contributed by atoms with Crippen LogP contribution in [0.2, 0.25) is 5.15 Å². The van der Waals surface area contributed by atoms with Crippen molar-refractivity contribution in [1.29, 1.82) is 0 Å². The molecule has 0 amide bonds. The van der Waals surface area contributed by atoms with Crippen molar-refractivity contribution in [1.82, 2.24) is 15.0 Å². The normalized spacial score (nSPS) is 11.1. The van der Waals surface area contributed by atoms with Crippen LogP contribution >= 0.6 is 34.7 Å². The number of halogens is 1. The van der Waals surface area contributed by atoms with Gasteiger partial charge in [0.1, 0.15) is 16.0 Å². The first-order chi connectivity index (χ1) is 8.08. The van der Waals surface area contributed by atoms with E-state index in [9.17, 15) is 0 Å². The molecule has 0 aliphatic carbocycles. The molecule has 0 fully saturated rings. The summed E-state index contributed by atoms with van der Waals surface area (Å²) in [5.74, 6) is 1.04. The predicted octanol–water partition coefficient (Wildman–Crippen LogP) is 4.17. The first kappa shape index (κ1) is 12.8. The Morgan fingerprint density at radius 3 is 2.71 bits per heavy atom. The van der Waals surface area contributed by atoms with Gasteiger partial charge in [0.15, 0.2) is 4.34 Å². The van der Waals surface area contributed by atoms with Gasteiger partial charge < -0.3 is 0 Å². The van der Waals surface area contributed by atoms with Gasteiger partial charge >= 0.3 is 0 Å². The lowest BCUT2D eigenvalue weighted by molar-refractivity contribution is 0.747. The average Bonchev–Trinajstić information content (AvgIpc) is 2.77. The fourth-order valence-electron chi connectivity index (χ4n) is 1.19. The highest BCUT2D eigenvalue weighted by Gasteiger charge is 2.13. The van der Waals surface area contributed by atoms with Crippen molar-refractivity contribution in [2.75, 3.05) is 0 Å². The maximum atomic E-state index is 6.12. The van der Waals surface area contributed by atoms with Gasteiger partial charge in [-0.3, -0.25) is 0 Å².